The van der Waals surface area contributed by atoms with E-state index in [2.05, 4.69) is 0 Å². The van der Waals surface area contributed by atoms with Crippen LogP contribution >= 0.6 is 11.3 Å². The van der Waals surface area contributed by atoms with Crippen molar-refractivity contribution in [3.05, 3.63) is 21.1 Å². The number of rotatable bonds is 3. The monoisotopic (exact) mass is 286 g/mol. The lowest BCUT2D eigenvalue weighted by molar-refractivity contribution is -0.383. The summed E-state index contributed by atoms with van der Waals surface area (Å²) < 4.78 is 0. The van der Waals surface area contributed by atoms with Gasteiger partial charge in [0.05, 0.1) is 16.6 Å². The van der Waals surface area contributed by atoms with Crippen molar-refractivity contribution in [2.75, 3.05) is 18.0 Å². The Labute approximate surface area is 115 Å². The number of thiophene rings is 1. The maximum Gasteiger partial charge on any atom is 0.304 e. The second kappa shape index (κ2) is 5.07. The van der Waals surface area contributed by atoms with E-state index in [1.807, 2.05) is 4.90 Å². The van der Waals surface area contributed by atoms with Crippen LogP contribution in [0.5, 0.6) is 0 Å². The van der Waals surface area contributed by atoms with E-state index in [9.17, 15) is 20.3 Å². The SMILES string of the molecule is C[C@H](O)c1cc([N+](=O)[O-])c(N2CCC(C)(O)CC2)s1. The topological polar surface area (TPSA) is 86.8 Å². The molecule has 1 aromatic rings. The van der Waals surface area contributed by atoms with E-state index in [1.54, 1.807) is 13.8 Å². The molecule has 2 N–H and O–H groups in total. The molecule has 1 aliphatic heterocycles. The van der Waals surface area contributed by atoms with E-state index in [-0.39, 0.29) is 5.69 Å². The number of aliphatic hydroxyl groups is 2. The molecule has 0 bridgehead atoms. The lowest BCUT2D eigenvalue weighted by Gasteiger charge is -2.35. The van der Waals surface area contributed by atoms with Gasteiger partial charge >= 0.3 is 5.69 Å². The van der Waals surface area contributed by atoms with Crippen molar-refractivity contribution in [1.82, 2.24) is 0 Å². The first-order chi connectivity index (χ1) is 8.80. The fourth-order valence-electron chi connectivity index (χ4n) is 2.14. The molecule has 0 amide bonds. The summed E-state index contributed by atoms with van der Waals surface area (Å²) in [6.45, 7) is 4.57. The van der Waals surface area contributed by atoms with Crippen LogP contribution in [0.4, 0.5) is 10.7 Å². The van der Waals surface area contributed by atoms with Gasteiger partial charge in [-0.2, -0.15) is 0 Å². The highest BCUT2D eigenvalue weighted by atomic mass is 32.1. The first-order valence-electron chi connectivity index (χ1n) is 6.24. The molecule has 0 unspecified atom stereocenters. The first-order valence-corrected chi connectivity index (χ1v) is 7.05. The molecular formula is C12H18N2O4S. The number of piperidine rings is 1. The minimum absolute atomic E-state index is 0.0439. The summed E-state index contributed by atoms with van der Waals surface area (Å²) in [5, 5.41) is 31.1. The van der Waals surface area contributed by atoms with E-state index in [0.29, 0.717) is 35.8 Å². The van der Waals surface area contributed by atoms with Crippen molar-refractivity contribution >= 4 is 22.0 Å². The van der Waals surface area contributed by atoms with Crippen molar-refractivity contribution in [3.8, 4) is 0 Å². The molecule has 7 heteroatoms. The normalized spacial score (nSPS) is 20.3. The summed E-state index contributed by atoms with van der Waals surface area (Å²) in [6.07, 6.45) is 0.475. The largest absolute Gasteiger partial charge is 0.390 e. The van der Waals surface area contributed by atoms with Crippen LogP contribution in [-0.2, 0) is 0 Å². The molecule has 0 spiro atoms. The molecular weight excluding hydrogens is 268 g/mol. The highest BCUT2D eigenvalue weighted by Crippen LogP contribution is 2.41. The van der Waals surface area contributed by atoms with Gasteiger partial charge in [0, 0.05) is 24.0 Å². The molecule has 19 heavy (non-hydrogen) atoms. The number of hydrogen-bond acceptors (Lipinski definition) is 6. The van der Waals surface area contributed by atoms with Crippen molar-refractivity contribution in [2.24, 2.45) is 0 Å². The Morgan fingerprint density at radius 2 is 2.11 bits per heavy atom. The molecule has 0 saturated carbocycles. The summed E-state index contributed by atoms with van der Waals surface area (Å²) in [4.78, 5) is 13.2. The Morgan fingerprint density at radius 3 is 2.58 bits per heavy atom. The summed E-state index contributed by atoms with van der Waals surface area (Å²) in [7, 11) is 0. The standard InChI is InChI=1S/C12H18N2O4S/c1-8(15)10-7-9(14(17)18)11(19-10)13-5-3-12(2,16)4-6-13/h7-8,15-16H,3-6H2,1-2H3/t8-/m0/s1. The molecule has 1 fully saturated rings. The Balaban J connectivity index is 2.26. The number of nitrogens with zero attached hydrogens (tertiary/aromatic N) is 2. The molecule has 2 rings (SSSR count). The zero-order chi connectivity index (χ0) is 14.2. The molecule has 1 saturated heterocycles. The zero-order valence-electron chi connectivity index (χ0n) is 11.0. The lowest BCUT2D eigenvalue weighted by Crippen LogP contribution is -2.42. The fourth-order valence-corrected chi connectivity index (χ4v) is 3.26. The summed E-state index contributed by atoms with van der Waals surface area (Å²) in [6, 6.07) is 1.44. The summed E-state index contributed by atoms with van der Waals surface area (Å²) >= 11 is 1.26. The van der Waals surface area contributed by atoms with Gasteiger partial charge in [0.2, 0.25) is 0 Å². The lowest BCUT2D eigenvalue weighted by atomic mass is 9.94. The van der Waals surface area contributed by atoms with E-state index in [1.165, 1.54) is 17.4 Å². The van der Waals surface area contributed by atoms with Crippen molar-refractivity contribution in [3.63, 3.8) is 0 Å². The summed E-state index contributed by atoms with van der Waals surface area (Å²) in [5.41, 5.74) is -0.641. The Morgan fingerprint density at radius 1 is 1.53 bits per heavy atom. The van der Waals surface area contributed by atoms with Gasteiger partial charge < -0.3 is 15.1 Å². The van der Waals surface area contributed by atoms with Crippen LogP contribution in [-0.4, -0.2) is 33.8 Å². The Hall–Kier alpha value is -1.18. The second-order valence-corrected chi connectivity index (χ2v) is 6.32. The summed E-state index contributed by atoms with van der Waals surface area (Å²) in [5.74, 6) is 0. The van der Waals surface area contributed by atoms with Crippen molar-refractivity contribution in [2.45, 2.75) is 38.4 Å². The van der Waals surface area contributed by atoms with Crippen LogP contribution in [0.25, 0.3) is 0 Å². The first kappa shape index (κ1) is 14.2. The van der Waals surface area contributed by atoms with Crippen LogP contribution in [0.1, 0.15) is 37.7 Å². The van der Waals surface area contributed by atoms with Crippen LogP contribution in [0.3, 0.4) is 0 Å². The number of aliphatic hydroxyl groups excluding tert-OH is 1. The molecule has 1 aliphatic rings. The molecule has 1 aromatic heterocycles. The Bertz CT molecular complexity index is 474. The van der Waals surface area contributed by atoms with Crippen molar-refractivity contribution < 1.29 is 15.1 Å². The third-order valence-corrected chi connectivity index (χ3v) is 4.80. The van der Waals surface area contributed by atoms with Gasteiger partial charge in [-0.3, -0.25) is 10.1 Å². The third-order valence-electron chi connectivity index (χ3n) is 3.45. The highest BCUT2D eigenvalue weighted by molar-refractivity contribution is 7.16. The number of nitro groups is 1. The average Bonchev–Trinajstić information content (AvgIpc) is 2.74. The molecule has 0 radical (unpaired) electrons. The Kier molecular flexibility index (Phi) is 3.80. The highest BCUT2D eigenvalue weighted by Gasteiger charge is 2.32. The maximum absolute atomic E-state index is 11.1. The van der Waals surface area contributed by atoms with E-state index < -0.39 is 16.6 Å². The minimum Gasteiger partial charge on any atom is -0.390 e. The van der Waals surface area contributed by atoms with Crippen LogP contribution in [0.2, 0.25) is 0 Å². The molecule has 106 valence electrons. The predicted molar refractivity (Wildman–Crippen MR) is 73.7 cm³/mol. The smallest absolute Gasteiger partial charge is 0.304 e. The van der Waals surface area contributed by atoms with Gasteiger partial charge in [-0.1, -0.05) is 0 Å². The van der Waals surface area contributed by atoms with Gasteiger partial charge in [-0.15, -0.1) is 11.3 Å². The van der Waals surface area contributed by atoms with E-state index >= 15 is 0 Å². The minimum atomic E-state index is -0.703. The molecule has 1 atom stereocenters. The maximum atomic E-state index is 11.1. The second-order valence-electron chi connectivity index (χ2n) is 5.26. The van der Waals surface area contributed by atoms with Gasteiger partial charge in [-0.05, 0) is 26.7 Å². The average molecular weight is 286 g/mol. The number of anilines is 1. The molecule has 0 aliphatic carbocycles. The van der Waals surface area contributed by atoms with Crippen LogP contribution < -0.4 is 4.90 Å². The predicted octanol–water partition coefficient (Wildman–Crippen LogP) is 2.06. The molecule has 0 aromatic carbocycles. The van der Waals surface area contributed by atoms with Gasteiger partial charge in [-0.25, -0.2) is 0 Å². The van der Waals surface area contributed by atoms with Gasteiger partial charge in [0.15, 0.2) is 5.00 Å². The van der Waals surface area contributed by atoms with Crippen molar-refractivity contribution in [1.29, 1.82) is 0 Å². The van der Waals surface area contributed by atoms with Crippen LogP contribution in [0, 0.1) is 10.1 Å². The van der Waals surface area contributed by atoms with Gasteiger partial charge in [0.1, 0.15) is 0 Å². The van der Waals surface area contributed by atoms with Crippen LogP contribution in [0.15, 0.2) is 6.07 Å². The molecule has 2 heterocycles. The number of hydrogen-bond donors (Lipinski definition) is 2. The quantitative estimate of drug-likeness (QED) is 0.656. The zero-order valence-corrected chi connectivity index (χ0v) is 11.8. The fraction of sp³-hybridized carbons (Fsp3) is 0.667. The van der Waals surface area contributed by atoms with E-state index in [0.717, 1.165) is 0 Å². The van der Waals surface area contributed by atoms with E-state index in [4.69, 9.17) is 0 Å². The third kappa shape index (κ3) is 3.05. The molecule has 6 nitrogen and oxygen atoms in total. The van der Waals surface area contributed by atoms with Gasteiger partial charge in [0.25, 0.3) is 0 Å².